The third-order valence-corrected chi connectivity index (χ3v) is 9.22. The van der Waals surface area contributed by atoms with E-state index in [1.165, 1.54) is 6.42 Å². The Kier molecular flexibility index (Phi) is 23.7. The van der Waals surface area contributed by atoms with Gasteiger partial charge in [0.15, 0.2) is 0 Å². The van der Waals surface area contributed by atoms with Crippen LogP contribution in [0, 0.1) is 13.8 Å². The van der Waals surface area contributed by atoms with Crippen molar-refractivity contribution in [2.24, 2.45) is 0 Å². The Morgan fingerprint density at radius 1 is 0.786 bits per heavy atom. The predicted octanol–water partition coefficient (Wildman–Crippen LogP) is 7.81. The van der Waals surface area contributed by atoms with E-state index in [-0.39, 0.29) is 11.9 Å². The van der Waals surface area contributed by atoms with Crippen molar-refractivity contribution in [3.63, 3.8) is 0 Å². The van der Waals surface area contributed by atoms with E-state index >= 15 is 0 Å². The number of nitrogens with one attached hydrogen (secondary N) is 3. The number of aliphatic hydroxyl groups excluding tert-OH is 2. The fraction of sp³-hybridized carbons (Fsp3) is 0.511. The summed E-state index contributed by atoms with van der Waals surface area (Å²) in [7, 11) is 0. The molecule has 5 N–H and O–H groups in total. The lowest BCUT2D eigenvalue weighted by Gasteiger charge is -2.34. The summed E-state index contributed by atoms with van der Waals surface area (Å²) in [5, 5.41) is 29.1. The highest BCUT2D eigenvalue weighted by molar-refractivity contribution is 5.96. The van der Waals surface area contributed by atoms with E-state index in [1.54, 1.807) is 0 Å². The number of carbonyl (C=O) groups is 1. The van der Waals surface area contributed by atoms with Crippen LogP contribution in [-0.2, 0) is 17.6 Å². The predicted molar refractivity (Wildman–Crippen MR) is 234 cm³/mol. The van der Waals surface area contributed by atoms with Crippen LogP contribution in [0.4, 0.5) is 5.69 Å². The van der Waals surface area contributed by atoms with Gasteiger partial charge in [-0.1, -0.05) is 108 Å². The Morgan fingerprint density at radius 2 is 1.27 bits per heavy atom. The van der Waals surface area contributed by atoms with Gasteiger partial charge in [-0.2, -0.15) is 0 Å². The van der Waals surface area contributed by atoms with Crippen molar-refractivity contribution < 1.29 is 24.5 Å². The van der Waals surface area contributed by atoms with Crippen molar-refractivity contribution in [1.82, 2.24) is 15.5 Å². The summed E-state index contributed by atoms with van der Waals surface area (Å²) in [5.74, 6) is 1.80. The van der Waals surface area contributed by atoms with E-state index in [1.807, 2.05) is 120 Å². The number of hydrogen-bond donors (Lipinski definition) is 5. The van der Waals surface area contributed by atoms with E-state index in [4.69, 9.17) is 9.47 Å². The summed E-state index contributed by atoms with van der Waals surface area (Å²) < 4.78 is 11.3. The molecule has 1 fully saturated rings. The lowest BCUT2D eigenvalue weighted by molar-refractivity contribution is -0.122. The van der Waals surface area contributed by atoms with Gasteiger partial charge in [0, 0.05) is 30.9 Å². The molecule has 1 saturated heterocycles. The zero-order valence-electron chi connectivity index (χ0n) is 35.4. The number of benzene rings is 3. The maximum atomic E-state index is 12.6. The monoisotopic (exact) mass is 773 g/mol. The first kappa shape index (κ1) is 48.2. The number of rotatable bonds is 20. The van der Waals surface area contributed by atoms with Crippen molar-refractivity contribution in [2.45, 2.75) is 117 Å². The molecule has 1 heterocycles. The topological polar surface area (TPSA) is 115 Å². The van der Waals surface area contributed by atoms with Gasteiger partial charge in [-0.3, -0.25) is 9.69 Å². The third-order valence-electron chi connectivity index (χ3n) is 9.22. The summed E-state index contributed by atoms with van der Waals surface area (Å²) in [4.78, 5) is 14.9. The number of ether oxygens (including phenoxy) is 2. The highest BCUT2D eigenvalue weighted by Crippen LogP contribution is 2.24. The number of allylic oxidation sites excluding steroid dienone is 2. The Hall–Kier alpha value is -3.99. The van der Waals surface area contributed by atoms with E-state index in [9.17, 15) is 15.0 Å². The van der Waals surface area contributed by atoms with E-state index in [0.29, 0.717) is 38.4 Å². The van der Waals surface area contributed by atoms with Crippen molar-refractivity contribution in [3.05, 3.63) is 114 Å². The molecule has 2 unspecified atom stereocenters. The zero-order valence-corrected chi connectivity index (χ0v) is 35.4. The number of hydrogen-bond acceptors (Lipinski definition) is 8. The maximum absolute atomic E-state index is 12.6. The fourth-order valence-corrected chi connectivity index (χ4v) is 6.23. The Morgan fingerprint density at radius 3 is 1.71 bits per heavy atom. The molecule has 9 nitrogen and oxygen atoms in total. The number of amides is 1. The molecule has 0 saturated carbocycles. The zero-order chi connectivity index (χ0) is 41.3. The molecule has 0 bridgehead atoms. The van der Waals surface area contributed by atoms with Crippen LogP contribution in [0.25, 0.3) is 0 Å². The summed E-state index contributed by atoms with van der Waals surface area (Å²) in [6.45, 7) is 25.7. The number of carbonyl (C=O) groups excluding carboxylic acids is 1. The summed E-state index contributed by atoms with van der Waals surface area (Å²) in [5.41, 5.74) is 5.44. The lowest BCUT2D eigenvalue weighted by atomic mass is 10.0. The molecule has 1 aliphatic rings. The van der Waals surface area contributed by atoms with E-state index in [0.717, 1.165) is 84.6 Å². The molecule has 3 aromatic carbocycles. The van der Waals surface area contributed by atoms with Crippen LogP contribution >= 0.6 is 0 Å². The first-order chi connectivity index (χ1) is 26.9. The van der Waals surface area contributed by atoms with E-state index < -0.39 is 12.2 Å². The standard InChI is InChI=1S/C17H26N2O.2C15H23NO2/c1-4-11-19-12-6-5-10-15(19)17(20)18-16-13(2)8-7-9-14(16)3;2*1-4-7-13-8-5-6-9-15(13)18-11-14(17)10-16-12(2)3/h7-9,15H,4-6,10-12H2,1-3H3,(H,18,20);2*4-6,8-9,12,14,16-17H,1,7,10-11H2,2-3H3/t15-;;/m0../s1. The van der Waals surface area contributed by atoms with Gasteiger partial charge in [-0.25, -0.2) is 0 Å². The van der Waals surface area contributed by atoms with Gasteiger partial charge in [-0.15, -0.1) is 13.2 Å². The molecule has 4 rings (SSSR count). The normalized spacial score (nSPS) is 15.1. The average molecular weight is 773 g/mol. The fourth-order valence-electron chi connectivity index (χ4n) is 6.23. The molecular weight excluding hydrogens is 701 g/mol. The molecule has 56 heavy (non-hydrogen) atoms. The first-order valence-corrected chi connectivity index (χ1v) is 20.5. The lowest BCUT2D eigenvalue weighted by Crippen LogP contribution is -2.47. The minimum absolute atomic E-state index is 0.0442. The largest absolute Gasteiger partial charge is 0.491 e. The molecule has 1 amide bonds. The SMILES string of the molecule is C=CCc1ccccc1OCC(O)CNC(C)C.C=CCc1ccccc1OCC(O)CNC(C)C.CCCN1CCCC[C@H]1C(=O)Nc1c(C)cccc1C. The van der Waals surface area contributed by atoms with Gasteiger partial charge in [0.05, 0.1) is 6.04 Å². The van der Waals surface area contributed by atoms with Crippen LogP contribution in [0.5, 0.6) is 11.5 Å². The van der Waals surface area contributed by atoms with Gasteiger partial charge >= 0.3 is 0 Å². The highest BCUT2D eigenvalue weighted by Gasteiger charge is 2.28. The molecule has 3 aromatic rings. The Balaban J connectivity index is 0.000000291. The second-order valence-electron chi connectivity index (χ2n) is 15.1. The molecule has 1 aliphatic heterocycles. The number of piperidine rings is 1. The van der Waals surface area contributed by atoms with Crippen molar-refractivity contribution >= 4 is 11.6 Å². The van der Waals surface area contributed by atoms with Crippen LogP contribution < -0.4 is 25.4 Å². The van der Waals surface area contributed by atoms with Crippen molar-refractivity contribution in [2.75, 3.05) is 44.7 Å². The van der Waals surface area contributed by atoms with Gasteiger partial charge < -0.3 is 35.6 Å². The number of para-hydroxylation sites is 3. The Bertz CT molecular complexity index is 1470. The molecule has 0 spiro atoms. The van der Waals surface area contributed by atoms with Crippen molar-refractivity contribution in [1.29, 1.82) is 0 Å². The van der Waals surface area contributed by atoms with E-state index in [2.05, 4.69) is 40.9 Å². The average Bonchev–Trinajstić information content (AvgIpc) is 3.18. The molecule has 3 atom stereocenters. The number of anilines is 1. The molecule has 0 aliphatic carbocycles. The second kappa shape index (κ2) is 27.6. The number of nitrogens with zero attached hydrogens (tertiary/aromatic N) is 1. The van der Waals surface area contributed by atoms with Crippen LogP contribution in [0.1, 0.15) is 82.6 Å². The number of aryl methyl sites for hydroxylation is 2. The summed E-state index contributed by atoms with van der Waals surface area (Å²) in [6.07, 6.45) is 8.71. The molecular formula is C47H72N4O5. The molecule has 9 heteroatoms. The van der Waals surface area contributed by atoms with Crippen molar-refractivity contribution in [3.8, 4) is 11.5 Å². The minimum atomic E-state index is -0.496. The van der Waals surface area contributed by atoms with Gasteiger partial charge in [-0.05, 0) is 93.4 Å². The van der Waals surface area contributed by atoms with Crippen LogP contribution in [0.2, 0.25) is 0 Å². The molecule has 0 aromatic heterocycles. The third kappa shape index (κ3) is 18.8. The maximum Gasteiger partial charge on any atom is 0.241 e. The minimum Gasteiger partial charge on any atom is -0.491 e. The van der Waals surface area contributed by atoms with Gasteiger partial charge in [0.2, 0.25) is 5.91 Å². The summed E-state index contributed by atoms with van der Waals surface area (Å²) in [6, 6.07) is 22.6. The van der Waals surface area contributed by atoms with Crippen LogP contribution in [0.15, 0.2) is 92.0 Å². The molecule has 310 valence electrons. The number of aliphatic hydroxyl groups is 2. The summed E-state index contributed by atoms with van der Waals surface area (Å²) >= 11 is 0. The highest BCUT2D eigenvalue weighted by atomic mass is 16.5. The molecule has 0 radical (unpaired) electrons. The Labute approximate surface area is 338 Å². The first-order valence-electron chi connectivity index (χ1n) is 20.5. The van der Waals surface area contributed by atoms with Crippen LogP contribution in [0.3, 0.4) is 0 Å². The van der Waals surface area contributed by atoms with Crippen LogP contribution in [-0.4, -0.2) is 90.7 Å². The number of likely N-dealkylation sites (tertiary alicyclic amines) is 1. The quantitative estimate of drug-likeness (QED) is 0.0740. The second-order valence-corrected chi connectivity index (χ2v) is 15.1. The smallest absolute Gasteiger partial charge is 0.241 e. The van der Waals surface area contributed by atoms with Gasteiger partial charge in [0.1, 0.15) is 36.9 Å². The van der Waals surface area contributed by atoms with Gasteiger partial charge in [0.25, 0.3) is 0 Å².